The Morgan fingerprint density at radius 2 is 1.36 bits per heavy atom. The van der Waals surface area contributed by atoms with Gasteiger partial charge >= 0.3 is 5.97 Å². The van der Waals surface area contributed by atoms with E-state index in [2.05, 4.69) is 42.1 Å². The third-order valence-electron chi connectivity index (χ3n) is 3.31. The number of primary amides is 1. The highest BCUT2D eigenvalue weighted by atomic mass is 32.2. The first-order chi connectivity index (χ1) is 17.6. The van der Waals surface area contributed by atoms with E-state index in [0.717, 1.165) is 12.2 Å². The van der Waals surface area contributed by atoms with Crippen molar-refractivity contribution in [2.75, 3.05) is 6.61 Å². The topological polar surface area (TPSA) is 220 Å². The Morgan fingerprint density at radius 3 is 1.64 bits per heavy atom. The van der Waals surface area contributed by atoms with Crippen LogP contribution in [-0.4, -0.2) is 55.7 Å². The summed E-state index contributed by atoms with van der Waals surface area (Å²) in [7, 11) is -4.50. The van der Waals surface area contributed by atoms with Crippen molar-refractivity contribution in [2.45, 2.75) is 53.8 Å². The molecule has 4 N–H and O–H groups in total. The number of rotatable bonds is 10. The molecule has 0 bridgehead atoms. The molecule has 0 aromatic heterocycles. The van der Waals surface area contributed by atoms with Crippen LogP contribution in [0, 0.1) is 16.7 Å². The predicted molar refractivity (Wildman–Crippen MR) is 146 cm³/mol. The van der Waals surface area contributed by atoms with Gasteiger partial charge in [-0.3, -0.25) is 14.4 Å². The zero-order valence-corrected chi connectivity index (χ0v) is 24.2. The van der Waals surface area contributed by atoms with E-state index in [1.54, 1.807) is 17.7 Å². The first kappa shape index (κ1) is 41.7. The maximum Gasteiger partial charge on any atom is 0.338 e. The highest BCUT2D eigenvalue weighted by Gasteiger charge is 2.42. The predicted octanol–water partition coefficient (Wildman–Crippen LogP) is 1.13. The van der Waals surface area contributed by atoms with Gasteiger partial charge in [0.1, 0.15) is 11.6 Å². The number of amides is 3. The average Bonchev–Trinajstić information content (AvgIpc) is 2.80. The first-order valence-corrected chi connectivity index (χ1v) is 12.4. The van der Waals surface area contributed by atoms with Gasteiger partial charge in [0, 0.05) is 5.57 Å². The number of carbonyl (C=O) groups is 6. The lowest BCUT2D eigenvalue weighted by Crippen LogP contribution is -2.54. The van der Waals surface area contributed by atoms with Gasteiger partial charge in [0.2, 0.25) is 5.91 Å². The Hall–Kier alpha value is -4.38. The van der Waals surface area contributed by atoms with E-state index in [1.807, 2.05) is 0 Å². The Morgan fingerprint density at radius 1 is 0.974 bits per heavy atom. The summed E-state index contributed by atoms with van der Waals surface area (Å²) in [5.74, 6) is -3.14. The highest BCUT2D eigenvalue weighted by Crippen LogP contribution is 2.24. The molecule has 0 aliphatic heterocycles. The number of esters is 1. The zero-order chi connectivity index (χ0) is 32.1. The lowest BCUT2D eigenvalue weighted by molar-refractivity contribution is -0.138. The molecule has 14 heteroatoms. The van der Waals surface area contributed by atoms with Crippen LogP contribution in [0.1, 0.15) is 48.5 Å². The van der Waals surface area contributed by atoms with Gasteiger partial charge in [-0.15, -0.1) is 0 Å². The number of carbonyl (C=O) groups excluding carboxylic acids is 6. The van der Waals surface area contributed by atoms with E-state index >= 15 is 0 Å². The standard InChI is InChI=1S/C16H21N3O6S.C3H5NO.2C3H6O/c1-7-12(20)19-26(23,24)15(16(5,6)9-17)18-13(21)10(3)11(4)14(22)25-8-2;1-2-3(4)5;2*1-3(2)4/h7,15H,1,3-4,8H2,2,5-6H3,(H,18,21)(H,19,20);2H,1H2,(H2,4,5);2*1-2H3. The van der Waals surface area contributed by atoms with Crippen LogP contribution in [0.3, 0.4) is 0 Å². The molecule has 0 aromatic rings. The summed E-state index contributed by atoms with van der Waals surface area (Å²) in [6.07, 6.45) is 1.78. The minimum Gasteiger partial charge on any atom is -0.462 e. The van der Waals surface area contributed by atoms with Crippen molar-refractivity contribution in [2.24, 2.45) is 11.1 Å². The smallest absolute Gasteiger partial charge is 0.338 e. The number of hydrogen-bond donors (Lipinski definition) is 3. The Kier molecular flexibility index (Phi) is 22.1. The molecule has 0 aliphatic carbocycles. The fourth-order valence-corrected chi connectivity index (χ4v) is 3.20. The van der Waals surface area contributed by atoms with Gasteiger partial charge in [-0.2, -0.15) is 5.26 Å². The van der Waals surface area contributed by atoms with Crippen LogP contribution in [0.2, 0.25) is 0 Å². The third-order valence-corrected chi connectivity index (χ3v) is 5.12. The fourth-order valence-electron chi connectivity index (χ4n) is 1.63. The van der Waals surface area contributed by atoms with Crippen LogP contribution in [0.5, 0.6) is 0 Å². The Labute approximate surface area is 229 Å². The van der Waals surface area contributed by atoms with E-state index < -0.39 is 50.1 Å². The van der Waals surface area contributed by atoms with Crippen molar-refractivity contribution in [1.82, 2.24) is 10.0 Å². The number of nitrogens with one attached hydrogen (secondary N) is 2. The number of nitriles is 1. The monoisotopic (exact) mass is 570 g/mol. The lowest BCUT2D eigenvalue weighted by Gasteiger charge is -2.28. The lowest BCUT2D eigenvalue weighted by atomic mass is 9.95. The van der Waals surface area contributed by atoms with Crippen LogP contribution in [-0.2, 0) is 43.5 Å². The summed E-state index contributed by atoms with van der Waals surface area (Å²) in [4.78, 5) is 63.6. The molecule has 0 heterocycles. The quantitative estimate of drug-likeness (QED) is 0.193. The summed E-state index contributed by atoms with van der Waals surface area (Å²) < 4.78 is 31.1. The van der Waals surface area contributed by atoms with E-state index in [9.17, 15) is 42.4 Å². The minimum atomic E-state index is -4.50. The number of hydrogen-bond acceptors (Lipinski definition) is 10. The summed E-state index contributed by atoms with van der Waals surface area (Å²) in [6.45, 7) is 23.2. The number of Topliss-reactive ketones (excluding diaryl/α,β-unsaturated/α-hetero) is 2. The van der Waals surface area contributed by atoms with Gasteiger partial charge in [0.05, 0.1) is 23.7 Å². The van der Waals surface area contributed by atoms with Crippen molar-refractivity contribution in [1.29, 1.82) is 5.26 Å². The van der Waals surface area contributed by atoms with Crippen molar-refractivity contribution >= 4 is 45.3 Å². The van der Waals surface area contributed by atoms with Crippen LogP contribution in [0.4, 0.5) is 0 Å². The van der Waals surface area contributed by atoms with Crippen LogP contribution >= 0.6 is 0 Å². The second-order valence-corrected chi connectivity index (χ2v) is 9.77. The van der Waals surface area contributed by atoms with Gasteiger partial charge in [0.15, 0.2) is 5.37 Å². The molecule has 0 rings (SSSR count). The Balaban J connectivity index is -0.000000387. The van der Waals surface area contributed by atoms with Crippen LogP contribution in [0.25, 0.3) is 0 Å². The molecule has 0 aliphatic rings. The number of nitrogens with two attached hydrogens (primary N) is 1. The number of sulfonamides is 1. The molecular weight excluding hydrogens is 532 g/mol. The molecule has 39 heavy (non-hydrogen) atoms. The van der Waals surface area contributed by atoms with E-state index in [1.165, 1.54) is 41.5 Å². The maximum absolute atomic E-state index is 12.4. The van der Waals surface area contributed by atoms with Crippen LogP contribution < -0.4 is 15.8 Å². The zero-order valence-electron chi connectivity index (χ0n) is 23.4. The second kappa shape index (κ2) is 20.7. The molecule has 0 radical (unpaired) electrons. The minimum absolute atomic E-state index is 0.0405. The van der Waals surface area contributed by atoms with Gasteiger partial charge < -0.3 is 25.4 Å². The molecule has 0 spiro atoms. The van der Waals surface area contributed by atoms with E-state index in [4.69, 9.17) is 0 Å². The van der Waals surface area contributed by atoms with Gasteiger partial charge in [-0.1, -0.05) is 26.3 Å². The highest BCUT2D eigenvalue weighted by molar-refractivity contribution is 7.90. The number of ether oxygens (including phenoxy) is 1. The van der Waals surface area contributed by atoms with E-state index in [0.29, 0.717) is 0 Å². The third kappa shape index (κ3) is 22.5. The van der Waals surface area contributed by atoms with Crippen LogP contribution in [0.15, 0.2) is 49.6 Å². The molecule has 0 fully saturated rings. The fraction of sp³-hybridized carbons (Fsp3) is 0.400. The van der Waals surface area contributed by atoms with Gasteiger partial charge in [-0.25, -0.2) is 17.9 Å². The largest absolute Gasteiger partial charge is 0.462 e. The van der Waals surface area contributed by atoms with Crippen molar-refractivity contribution < 1.29 is 41.9 Å². The van der Waals surface area contributed by atoms with Crippen molar-refractivity contribution in [3.8, 4) is 6.07 Å². The van der Waals surface area contributed by atoms with Gasteiger partial charge in [-0.05, 0) is 60.6 Å². The second-order valence-electron chi connectivity index (χ2n) is 8.00. The first-order valence-electron chi connectivity index (χ1n) is 10.9. The average molecular weight is 571 g/mol. The number of ketones is 2. The van der Waals surface area contributed by atoms with Gasteiger partial charge in [0.25, 0.3) is 21.8 Å². The van der Waals surface area contributed by atoms with Crippen molar-refractivity contribution in [3.63, 3.8) is 0 Å². The molecule has 0 saturated carbocycles. The SMILES string of the molecule is C=CC(=O)NS(=O)(=O)C(NC(=O)C(=C)C(=C)C(=O)OCC)C(C)(C)C#N.C=CC(N)=O.CC(C)=O.CC(C)=O. The van der Waals surface area contributed by atoms with Crippen molar-refractivity contribution in [3.05, 3.63) is 49.6 Å². The molecular formula is C25H38N4O9S. The summed E-state index contributed by atoms with van der Waals surface area (Å²) in [6, 6.07) is 1.74. The summed E-state index contributed by atoms with van der Waals surface area (Å²) in [5, 5.41) is 9.48. The molecule has 1 atom stereocenters. The molecule has 1 unspecified atom stereocenters. The molecule has 0 aromatic carbocycles. The van der Waals surface area contributed by atoms with E-state index in [-0.39, 0.29) is 23.7 Å². The maximum atomic E-state index is 12.4. The molecule has 13 nitrogen and oxygen atoms in total. The normalized spacial score (nSPS) is 10.2. The summed E-state index contributed by atoms with van der Waals surface area (Å²) in [5.41, 5.74) is 2.10. The number of nitrogens with zero attached hydrogens (tertiary/aromatic N) is 1. The summed E-state index contributed by atoms with van der Waals surface area (Å²) >= 11 is 0. The Bertz CT molecular complexity index is 1090. The molecule has 3 amide bonds. The molecule has 0 saturated heterocycles. The molecule has 218 valence electrons.